The van der Waals surface area contributed by atoms with Gasteiger partial charge in [0.2, 0.25) is 0 Å². The summed E-state index contributed by atoms with van der Waals surface area (Å²) < 4.78 is 15.7. The molecule has 1 aliphatic heterocycles. The Morgan fingerprint density at radius 2 is 1.94 bits per heavy atom. The van der Waals surface area contributed by atoms with E-state index in [0.717, 1.165) is 11.8 Å². The fourth-order valence-corrected chi connectivity index (χ4v) is 3.88. The number of esters is 1. The van der Waals surface area contributed by atoms with E-state index in [9.17, 15) is 9.59 Å². The number of nitrogens with zero attached hydrogens (tertiary/aromatic N) is 2. The normalized spacial score (nSPS) is 14.8. The summed E-state index contributed by atoms with van der Waals surface area (Å²) in [5.74, 6) is 0.729. The first-order valence-electron chi connectivity index (χ1n) is 10.4. The molecular formula is C24H28N4O5. The van der Waals surface area contributed by atoms with Gasteiger partial charge in [0, 0.05) is 48.4 Å². The van der Waals surface area contributed by atoms with Gasteiger partial charge < -0.3 is 30.3 Å². The molecule has 3 rings (SSSR count). The quantitative estimate of drug-likeness (QED) is 0.446. The first-order chi connectivity index (χ1) is 16.0. The summed E-state index contributed by atoms with van der Waals surface area (Å²) in [6, 6.07) is 11.9. The summed E-state index contributed by atoms with van der Waals surface area (Å²) in [6.07, 6.45) is 2.50. The van der Waals surface area contributed by atoms with Crippen molar-refractivity contribution in [1.82, 2.24) is 4.90 Å². The molecule has 0 aromatic heterocycles. The molecule has 1 fully saturated rings. The lowest BCUT2D eigenvalue weighted by Gasteiger charge is -2.28. The van der Waals surface area contributed by atoms with Crippen molar-refractivity contribution in [1.29, 1.82) is 5.41 Å². The predicted molar refractivity (Wildman–Crippen MR) is 126 cm³/mol. The third-order valence-electron chi connectivity index (χ3n) is 5.63. The number of carbonyl (C=O) groups is 2. The van der Waals surface area contributed by atoms with Crippen molar-refractivity contribution in [3.05, 3.63) is 59.8 Å². The Labute approximate surface area is 192 Å². The van der Waals surface area contributed by atoms with E-state index in [0.29, 0.717) is 41.4 Å². The lowest BCUT2D eigenvalue weighted by molar-refractivity contribution is -0.141. The summed E-state index contributed by atoms with van der Waals surface area (Å²) >= 11 is 0. The van der Waals surface area contributed by atoms with Gasteiger partial charge >= 0.3 is 12.0 Å². The number of allylic oxidation sites excluding steroid dienone is 1. The van der Waals surface area contributed by atoms with Crippen LogP contribution in [0, 0.1) is 5.41 Å². The van der Waals surface area contributed by atoms with E-state index in [1.54, 1.807) is 35.1 Å². The molecule has 174 valence electrons. The standard InChI is InChI=1S/C24H28N4O5/c1-31-19-6-4-5-16(11-19)21(13-23(29)33-3)28-10-9-27(24(28)30)18-7-8-20(17(14-25)15-26)22(12-18)32-2/h4-8,11-12,14-15,21,25H,9-10,13,26H2,1-3H3/b17-15+,25-14?. The lowest BCUT2D eigenvalue weighted by atomic mass is 10.0. The minimum Gasteiger partial charge on any atom is -0.497 e. The maximum Gasteiger partial charge on any atom is 0.325 e. The SMILES string of the molecule is COC(=O)CC(c1cccc(OC)c1)N1CCN(c2ccc(/C(C=N)=C/N)c(OC)c2)C1=O. The van der Waals surface area contributed by atoms with Crippen molar-refractivity contribution < 1.29 is 23.8 Å². The second-order valence-corrected chi connectivity index (χ2v) is 7.35. The molecule has 1 atom stereocenters. The van der Waals surface area contributed by atoms with Gasteiger partial charge in [-0.05, 0) is 29.8 Å². The van der Waals surface area contributed by atoms with Gasteiger partial charge in [-0.15, -0.1) is 0 Å². The van der Waals surface area contributed by atoms with Crippen LogP contribution in [0.5, 0.6) is 11.5 Å². The number of hydrogen-bond donors (Lipinski definition) is 2. The van der Waals surface area contributed by atoms with Crippen molar-refractivity contribution in [2.24, 2.45) is 5.73 Å². The van der Waals surface area contributed by atoms with Crippen molar-refractivity contribution in [3.8, 4) is 11.5 Å². The molecule has 2 aromatic rings. The maximum absolute atomic E-state index is 13.4. The molecule has 0 bridgehead atoms. The topological polar surface area (TPSA) is 118 Å². The fourth-order valence-electron chi connectivity index (χ4n) is 3.88. The predicted octanol–water partition coefficient (Wildman–Crippen LogP) is 3.20. The molecule has 9 heteroatoms. The molecule has 1 saturated heterocycles. The second kappa shape index (κ2) is 10.5. The average Bonchev–Trinajstić information content (AvgIpc) is 3.24. The molecule has 0 aliphatic carbocycles. The average molecular weight is 453 g/mol. The number of carbonyl (C=O) groups excluding carboxylic acids is 2. The van der Waals surface area contributed by atoms with Crippen LogP contribution in [0.15, 0.2) is 48.7 Å². The first-order valence-corrected chi connectivity index (χ1v) is 10.4. The highest BCUT2D eigenvalue weighted by Crippen LogP contribution is 2.35. The summed E-state index contributed by atoms with van der Waals surface area (Å²) in [5, 5.41) is 7.53. The van der Waals surface area contributed by atoms with Gasteiger partial charge in [0.15, 0.2) is 0 Å². The Morgan fingerprint density at radius 1 is 1.15 bits per heavy atom. The zero-order valence-corrected chi connectivity index (χ0v) is 18.9. The van der Waals surface area contributed by atoms with Crippen LogP contribution in [0.2, 0.25) is 0 Å². The number of hydrogen-bond acceptors (Lipinski definition) is 7. The van der Waals surface area contributed by atoms with E-state index in [1.165, 1.54) is 20.4 Å². The van der Waals surface area contributed by atoms with Crippen LogP contribution < -0.4 is 20.1 Å². The molecule has 2 amide bonds. The molecule has 1 aliphatic rings. The third kappa shape index (κ3) is 4.92. The Balaban J connectivity index is 1.93. The highest BCUT2D eigenvalue weighted by molar-refractivity contribution is 6.09. The number of urea groups is 1. The van der Waals surface area contributed by atoms with Crippen molar-refractivity contribution in [2.45, 2.75) is 12.5 Å². The molecule has 3 N–H and O–H groups in total. The van der Waals surface area contributed by atoms with E-state index in [-0.39, 0.29) is 12.5 Å². The number of nitrogens with two attached hydrogens (primary N) is 1. The molecule has 33 heavy (non-hydrogen) atoms. The van der Waals surface area contributed by atoms with E-state index < -0.39 is 12.0 Å². The Morgan fingerprint density at radius 3 is 2.58 bits per heavy atom. The summed E-state index contributed by atoms with van der Waals surface area (Å²) in [4.78, 5) is 28.9. The third-order valence-corrected chi connectivity index (χ3v) is 5.63. The molecule has 0 radical (unpaired) electrons. The zero-order chi connectivity index (χ0) is 24.0. The van der Waals surface area contributed by atoms with Crippen molar-refractivity contribution in [2.75, 3.05) is 39.3 Å². The minimum absolute atomic E-state index is 0.0233. The van der Waals surface area contributed by atoms with E-state index in [2.05, 4.69) is 0 Å². The van der Waals surface area contributed by atoms with Crippen LogP contribution in [-0.2, 0) is 9.53 Å². The number of amides is 2. The number of rotatable bonds is 9. The highest BCUT2D eigenvalue weighted by Gasteiger charge is 2.37. The van der Waals surface area contributed by atoms with E-state index >= 15 is 0 Å². The first kappa shape index (κ1) is 23.6. The van der Waals surface area contributed by atoms with Gasteiger partial charge in [-0.3, -0.25) is 9.69 Å². The van der Waals surface area contributed by atoms with Crippen LogP contribution in [0.1, 0.15) is 23.6 Å². The van der Waals surface area contributed by atoms with Crippen LogP contribution in [0.3, 0.4) is 0 Å². The molecule has 1 heterocycles. The highest BCUT2D eigenvalue weighted by atomic mass is 16.5. The van der Waals surface area contributed by atoms with Gasteiger partial charge in [-0.1, -0.05) is 12.1 Å². The van der Waals surface area contributed by atoms with Crippen LogP contribution in [0.25, 0.3) is 5.57 Å². The van der Waals surface area contributed by atoms with Gasteiger partial charge in [0.25, 0.3) is 0 Å². The molecule has 2 aromatic carbocycles. The summed E-state index contributed by atoms with van der Waals surface area (Å²) in [6.45, 7) is 0.864. The van der Waals surface area contributed by atoms with Gasteiger partial charge in [0.1, 0.15) is 11.5 Å². The summed E-state index contributed by atoms with van der Waals surface area (Å²) in [5.41, 5.74) is 8.20. The zero-order valence-electron chi connectivity index (χ0n) is 18.9. The van der Waals surface area contributed by atoms with Gasteiger partial charge in [0.05, 0.1) is 33.8 Å². The summed E-state index contributed by atoms with van der Waals surface area (Å²) in [7, 11) is 4.42. The van der Waals surface area contributed by atoms with Crippen molar-refractivity contribution in [3.63, 3.8) is 0 Å². The Bertz CT molecular complexity index is 1070. The van der Waals surface area contributed by atoms with E-state index in [1.807, 2.05) is 24.3 Å². The number of ether oxygens (including phenoxy) is 3. The minimum atomic E-state index is -0.504. The Kier molecular flexibility index (Phi) is 7.55. The smallest absolute Gasteiger partial charge is 0.325 e. The maximum atomic E-state index is 13.4. The largest absolute Gasteiger partial charge is 0.497 e. The van der Waals surface area contributed by atoms with Crippen LogP contribution >= 0.6 is 0 Å². The van der Waals surface area contributed by atoms with Gasteiger partial charge in [-0.25, -0.2) is 4.79 Å². The number of methoxy groups -OCH3 is 3. The van der Waals surface area contributed by atoms with Crippen LogP contribution in [0.4, 0.5) is 10.5 Å². The Hall–Kier alpha value is -4.01. The molecule has 0 spiro atoms. The van der Waals surface area contributed by atoms with Gasteiger partial charge in [-0.2, -0.15) is 0 Å². The molecule has 1 unspecified atom stereocenters. The molecule has 9 nitrogen and oxygen atoms in total. The fraction of sp³-hybridized carbons (Fsp3) is 0.292. The monoisotopic (exact) mass is 452 g/mol. The number of anilines is 1. The number of benzene rings is 2. The second-order valence-electron chi connectivity index (χ2n) is 7.35. The van der Waals surface area contributed by atoms with E-state index in [4.69, 9.17) is 25.4 Å². The number of nitrogens with one attached hydrogen (secondary N) is 1. The lowest BCUT2D eigenvalue weighted by Crippen LogP contribution is -2.36. The molecule has 0 saturated carbocycles. The van der Waals surface area contributed by atoms with Crippen molar-refractivity contribution >= 4 is 29.5 Å². The molecular weight excluding hydrogens is 424 g/mol. The van der Waals surface area contributed by atoms with Crippen LogP contribution in [-0.4, -0.2) is 57.5 Å².